The standard InChI is InChI=1S/C12H7ClF4N2O2/c1-21-8-2-5(7(14)3-6(8)13)10-11(20)19-9(4-18-10)12(15,16)17/h2-4H,1H3,(H,19,20). The maximum Gasteiger partial charge on any atom is 0.432 e. The van der Waals surface area contributed by atoms with E-state index in [0.717, 1.165) is 12.1 Å². The Hall–Kier alpha value is -2.09. The van der Waals surface area contributed by atoms with Crippen LogP contribution in [-0.2, 0) is 6.18 Å². The fourth-order valence-corrected chi connectivity index (χ4v) is 1.83. The maximum atomic E-state index is 13.8. The van der Waals surface area contributed by atoms with Crippen LogP contribution in [0.15, 0.2) is 23.1 Å². The minimum absolute atomic E-state index is 0.0397. The molecule has 0 radical (unpaired) electrons. The lowest BCUT2D eigenvalue weighted by molar-refractivity contribution is -0.141. The first kappa shape index (κ1) is 15.3. The van der Waals surface area contributed by atoms with E-state index in [1.807, 2.05) is 0 Å². The number of hydrogen-bond donors (Lipinski definition) is 1. The van der Waals surface area contributed by atoms with Crippen molar-refractivity contribution in [3.8, 4) is 17.0 Å². The molecule has 0 bridgehead atoms. The summed E-state index contributed by atoms with van der Waals surface area (Å²) in [5.41, 5.74) is -3.31. The summed E-state index contributed by atoms with van der Waals surface area (Å²) in [6, 6.07) is 1.97. The summed E-state index contributed by atoms with van der Waals surface area (Å²) in [6.07, 6.45) is -4.34. The van der Waals surface area contributed by atoms with Crippen LogP contribution in [0.2, 0.25) is 5.02 Å². The van der Waals surface area contributed by atoms with Gasteiger partial charge in [-0.2, -0.15) is 13.2 Å². The number of alkyl halides is 3. The SMILES string of the molecule is COc1cc(-c2ncc(C(F)(F)F)[nH]c2=O)c(F)cc1Cl. The lowest BCUT2D eigenvalue weighted by atomic mass is 10.1. The Morgan fingerprint density at radius 2 is 2.00 bits per heavy atom. The average molecular weight is 323 g/mol. The van der Waals surface area contributed by atoms with E-state index in [2.05, 4.69) is 4.98 Å². The second-order valence-corrected chi connectivity index (χ2v) is 4.35. The molecule has 0 atom stereocenters. The van der Waals surface area contributed by atoms with Crippen molar-refractivity contribution in [3.05, 3.63) is 45.2 Å². The lowest BCUT2D eigenvalue weighted by Gasteiger charge is -2.09. The Kier molecular flexibility index (Phi) is 3.91. The van der Waals surface area contributed by atoms with Gasteiger partial charge in [-0.1, -0.05) is 11.6 Å². The van der Waals surface area contributed by atoms with E-state index < -0.39 is 28.9 Å². The molecule has 0 spiro atoms. The van der Waals surface area contributed by atoms with Crippen LogP contribution < -0.4 is 10.3 Å². The number of methoxy groups -OCH3 is 1. The Bertz CT molecular complexity index is 743. The van der Waals surface area contributed by atoms with Crippen molar-refractivity contribution in [1.29, 1.82) is 0 Å². The van der Waals surface area contributed by atoms with Crippen molar-refractivity contribution in [2.24, 2.45) is 0 Å². The molecule has 4 nitrogen and oxygen atoms in total. The first-order valence-electron chi connectivity index (χ1n) is 5.44. The van der Waals surface area contributed by atoms with Crippen LogP contribution in [0.3, 0.4) is 0 Å². The van der Waals surface area contributed by atoms with Crippen LogP contribution in [0, 0.1) is 5.82 Å². The van der Waals surface area contributed by atoms with Gasteiger partial charge in [0.25, 0.3) is 5.56 Å². The van der Waals surface area contributed by atoms with Gasteiger partial charge in [0.05, 0.1) is 18.3 Å². The van der Waals surface area contributed by atoms with Crippen molar-refractivity contribution in [2.45, 2.75) is 6.18 Å². The van der Waals surface area contributed by atoms with Gasteiger partial charge in [-0.15, -0.1) is 0 Å². The van der Waals surface area contributed by atoms with Gasteiger partial charge in [0.1, 0.15) is 23.0 Å². The number of hydrogen-bond acceptors (Lipinski definition) is 3. The Morgan fingerprint density at radius 3 is 2.52 bits per heavy atom. The minimum atomic E-state index is -4.75. The average Bonchev–Trinajstić information content (AvgIpc) is 2.38. The van der Waals surface area contributed by atoms with Crippen molar-refractivity contribution in [3.63, 3.8) is 0 Å². The van der Waals surface area contributed by atoms with Crippen molar-refractivity contribution < 1.29 is 22.3 Å². The van der Waals surface area contributed by atoms with Crippen LogP contribution in [0.5, 0.6) is 5.75 Å². The zero-order chi connectivity index (χ0) is 15.8. The molecule has 0 unspecified atom stereocenters. The van der Waals surface area contributed by atoms with E-state index in [1.54, 1.807) is 4.98 Å². The number of aromatic nitrogens is 2. The molecule has 1 aromatic carbocycles. The molecule has 0 aliphatic rings. The second kappa shape index (κ2) is 5.36. The normalized spacial score (nSPS) is 11.5. The number of nitrogens with zero attached hydrogens (tertiary/aromatic N) is 1. The van der Waals surface area contributed by atoms with Gasteiger partial charge in [0.2, 0.25) is 0 Å². The number of aromatic amines is 1. The summed E-state index contributed by atoms with van der Waals surface area (Å²) in [6.45, 7) is 0. The molecule has 21 heavy (non-hydrogen) atoms. The third kappa shape index (κ3) is 2.99. The number of H-pyrrole nitrogens is 1. The molecule has 1 N–H and O–H groups in total. The summed E-state index contributed by atoms with van der Waals surface area (Å²) < 4.78 is 56.0. The van der Waals surface area contributed by atoms with E-state index in [0.29, 0.717) is 6.20 Å². The van der Waals surface area contributed by atoms with Crippen LogP contribution in [0.4, 0.5) is 17.6 Å². The van der Waals surface area contributed by atoms with Crippen molar-refractivity contribution in [1.82, 2.24) is 9.97 Å². The first-order valence-corrected chi connectivity index (χ1v) is 5.81. The maximum absolute atomic E-state index is 13.8. The first-order chi connectivity index (χ1) is 9.74. The molecule has 2 aromatic rings. The molecule has 112 valence electrons. The summed E-state index contributed by atoms with van der Waals surface area (Å²) in [4.78, 5) is 16.7. The predicted octanol–water partition coefficient (Wildman–Crippen LogP) is 3.26. The molecular formula is C12H7ClF4N2O2. The van der Waals surface area contributed by atoms with Gasteiger partial charge in [0, 0.05) is 5.56 Å². The van der Waals surface area contributed by atoms with Gasteiger partial charge in [0.15, 0.2) is 0 Å². The molecule has 0 saturated carbocycles. The van der Waals surface area contributed by atoms with E-state index in [4.69, 9.17) is 16.3 Å². The van der Waals surface area contributed by atoms with E-state index in [1.165, 1.54) is 7.11 Å². The number of benzene rings is 1. The molecular weight excluding hydrogens is 316 g/mol. The summed E-state index contributed by atoms with van der Waals surface area (Å²) >= 11 is 5.69. The van der Waals surface area contributed by atoms with Crippen molar-refractivity contribution in [2.75, 3.05) is 7.11 Å². The number of rotatable bonds is 2. The van der Waals surface area contributed by atoms with Crippen molar-refractivity contribution >= 4 is 11.6 Å². The molecule has 0 aliphatic carbocycles. The summed E-state index contributed by atoms with van der Waals surface area (Å²) in [7, 11) is 1.27. The van der Waals surface area contributed by atoms with Gasteiger partial charge in [-0.05, 0) is 12.1 Å². The summed E-state index contributed by atoms with van der Waals surface area (Å²) in [5, 5.41) is -0.0397. The molecule has 0 aliphatic heterocycles. The van der Waals surface area contributed by atoms with Crippen LogP contribution >= 0.6 is 11.6 Å². The highest BCUT2D eigenvalue weighted by Gasteiger charge is 2.32. The van der Waals surface area contributed by atoms with Gasteiger partial charge in [-0.3, -0.25) is 4.79 Å². The molecule has 0 fully saturated rings. The molecule has 2 rings (SSSR count). The Labute approximate surface area is 120 Å². The van der Waals surface area contributed by atoms with Crippen LogP contribution in [0.1, 0.15) is 5.69 Å². The van der Waals surface area contributed by atoms with E-state index in [-0.39, 0.29) is 16.3 Å². The van der Waals surface area contributed by atoms with E-state index in [9.17, 15) is 22.4 Å². The fourth-order valence-electron chi connectivity index (χ4n) is 1.60. The van der Waals surface area contributed by atoms with Gasteiger partial charge in [-0.25, -0.2) is 9.37 Å². The largest absolute Gasteiger partial charge is 0.495 e. The smallest absolute Gasteiger partial charge is 0.432 e. The van der Waals surface area contributed by atoms with Gasteiger partial charge >= 0.3 is 6.18 Å². The highest BCUT2D eigenvalue weighted by Crippen LogP contribution is 2.32. The molecule has 1 heterocycles. The lowest BCUT2D eigenvalue weighted by Crippen LogP contribution is -2.19. The third-order valence-electron chi connectivity index (χ3n) is 2.59. The molecule has 9 heteroatoms. The highest BCUT2D eigenvalue weighted by atomic mass is 35.5. The predicted molar refractivity (Wildman–Crippen MR) is 66.8 cm³/mol. The Balaban J connectivity index is 2.61. The van der Waals surface area contributed by atoms with Gasteiger partial charge < -0.3 is 9.72 Å². The number of halogens is 5. The number of nitrogens with one attached hydrogen (secondary N) is 1. The zero-order valence-corrected chi connectivity index (χ0v) is 11.1. The Morgan fingerprint density at radius 1 is 1.33 bits per heavy atom. The summed E-state index contributed by atoms with van der Waals surface area (Å²) in [5.74, 6) is -0.840. The quantitative estimate of drug-likeness (QED) is 0.863. The molecule has 0 saturated heterocycles. The highest BCUT2D eigenvalue weighted by molar-refractivity contribution is 6.32. The monoisotopic (exact) mass is 322 g/mol. The topological polar surface area (TPSA) is 55.0 Å². The molecule has 1 aromatic heterocycles. The van der Waals surface area contributed by atoms with Crippen LogP contribution in [-0.4, -0.2) is 17.1 Å². The molecule has 0 amide bonds. The van der Waals surface area contributed by atoms with Crippen LogP contribution in [0.25, 0.3) is 11.3 Å². The number of ether oxygens (including phenoxy) is 1. The minimum Gasteiger partial charge on any atom is -0.495 e. The van der Waals surface area contributed by atoms with E-state index >= 15 is 0 Å². The fraction of sp³-hybridized carbons (Fsp3) is 0.167. The second-order valence-electron chi connectivity index (χ2n) is 3.94. The third-order valence-corrected chi connectivity index (χ3v) is 2.88. The zero-order valence-electron chi connectivity index (χ0n) is 10.4.